The van der Waals surface area contributed by atoms with Crippen LogP contribution in [-0.2, 0) is 6.42 Å². The van der Waals surface area contributed by atoms with Gasteiger partial charge >= 0.3 is 0 Å². The number of nitrogen functional groups attached to an aromatic ring is 1. The van der Waals surface area contributed by atoms with Crippen LogP contribution in [0.5, 0.6) is 0 Å². The Morgan fingerprint density at radius 2 is 2.11 bits per heavy atom. The van der Waals surface area contributed by atoms with E-state index in [1.54, 1.807) is 18.2 Å². The molecule has 0 spiro atoms. The molecule has 0 aliphatic carbocycles. The number of benzene rings is 1. The predicted molar refractivity (Wildman–Crippen MR) is 69.5 cm³/mol. The molecule has 0 radical (unpaired) electrons. The summed E-state index contributed by atoms with van der Waals surface area (Å²) in [6.07, 6.45) is 1.77. The number of hydrogen-bond acceptors (Lipinski definition) is 3. The van der Waals surface area contributed by atoms with Crippen LogP contribution in [0.15, 0.2) is 28.8 Å². The van der Waals surface area contributed by atoms with E-state index >= 15 is 0 Å². The van der Waals surface area contributed by atoms with Crippen LogP contribution in [-0.4, -0.2) is 5.16 Å². The molecule has 1 aromatic carbocycles. The first-order chi connectivity index (χ1) is 8.63. The second-order valence-electron chi connectivity index (χ2n) is 4.57. The zero-order valence-corrected chi connectivity index (χ0v) is 10.6. The highest BCUT2D eigenvalue weighted by molar-refractivity contribution is 5.75. The molecule has 0 amide bonds. The molecule has 2 N–H and O–H groups in total. The van der Waals surface area contributed by atoms with Gasteiger partial charge in [-0.1, -0.05) is 43.6 Å². The van der Waals surface area contributed by atoms with Crippen molar-refractivity contribution in [3.8, 4) is 11.1 Å². The Balaban J connectivity index is 2.44. The van der Waals surface area contributed by atoms with Crippen molar-refractivity contribution in [2.45, 2.75) is 26.7 Å². The average molecular weight is 248 g/mol. The van der Waals surface area contributed by atoms with Gasteiger partial charge in [-0.2, -0.15) is 0 Å². The zero-order chi connectivity index (χ0) is 13.1. The maximum atomic E-state index is 13.8. The molecule has 1 heterocycles. The van der Waals surface area contributed by atoms with Crippen molar-refractivity contribution in [2.24, 2.45) is 5.92 Å². The highest BCUT2D eigenvalue weighted by Crippen LogP contribution is 2.33. The van der Waals surface area contributed by atoms with Crippen LogP contribution >= 0.6 is 0 Å². The molecule has 2 aromatic rings. The highest BCUT2D eigenvalue weighted by Gasteiger charge is 2.19. The molecular formula is C14H17FN2O. The summed E-state index contributed by atoms with van der Waals surface area (Å²) in [5, 5.41) is 3.95. The normalized spacial score (nSPS) is 12.6. The van der Waals surface area contributed by atoms with Crippen LogP contribution in [0.25, 0.3) is 11.1 Å². The molecular weight excluding hydrogens is 231 g/mol. The van der Waals surface area contributed by atoms with Crippen LogP contribution in [0.3, 0.4) is 0 Å². The third-order valence-corrected chi connectivity index (χ3v) is 3.17. The Morgan fingerprint density at radius 1 is 1.39 bits per heavy atom. The van der Waals surface area contributed by atoms with Crippen molar-refractivity contribution >= 4 is 5.88 Å². The first-order valence-corrected chi connectivity index (χ1v) is 6.12. The van der Waals surface area contributed by atoms with Crippen LogP contribution in [0.2, 0.25) is 0 Å². The third-order valence-electron chi connectivity index (χ3n) is 3.17. The SMILES string of the molecule is CCC(C)Cc1noc(N)c1-c1ccccc1F. The monoisotopic (exact) mass is 248 g/mol. The number of halogens is 1. The molecule has 0 aliphatic rings. The van der Waals surface area contributed by atoms with E-state index in [2.05, 4.69) is 19.0 Å². The van der Waals surface area contributed by atoms with Crippen LogP contribution in [0.4, 0.5) is 10.3 Å². The van der Waals surface area contributed by atoms with Crippen molar-refractivity contribution < 1.29 is 8.91 Å². The van der Waals surface area contributed by atoms with E-state index in [4.69, 9.17) is 10.3 Å². The van der Waals surface area contributed by atoms with Crippen molar-refractivity contribution in [1.82, 2.24) is 5.16 Å². The van der Waals surface area contributed by atoms with Crippen molar-refractivity contribution in [2.75, 3.05) is 5.73 Å². The van der Waals surface area contributed by atoms with Gasteiger partial charge in [0.2, 0.25) is 5.88 Å². The van der Waals surface area contributed by atoms with E-state index in [0.29, 0.717) is 17.0 Å². The Labute approximate surface area is 106 Å². The predicted octanol–water partition coefficient (Wildman–Crippen LogP) is 3.65. The molecule has 18 heavy (non-hydrogen) atoms. The maximum absolute atomic E-state index is 13.8. The fourth-order valence-corrected chi connectivity index (χ4v) is 1.90. The van der Waals surface area contributed by atoms with Crippen LogP contribution in [0.1, 0.15) is 26.0 Å². The molecule has 0 saturated heterocycles. The van der Waals surface area contributed by atoms with E-state index in [9.17, 15) is 4.39 Å². The number of rotatable bonds is 4. The second-order valence-corrected chi connectivity index (χ2v) is 4.57. The van der Waals surface area contributed by atoms with Crippen LogP contribution < -0.4 is 5.73 Å². The smallest absolute Gasteiger partial charge is 0.230 e. The number of anilines is 1. The first kappa shape index (κ1) is 12.6. The van der Waals surface area contributed by atoms with E-state index in [1.165, 1.54) is 6.07 Å². The van der Waals surface area contributed by atoms with Gasteiger partial charge in [0.25, 0.3) is 0 Å². The lowest BCUT2D eigenvalue weighted by Gasteiger charge is -2.08. The Hall–Kier alpha value is -1.84. The summed E-state index contributed by atoms with van der Waals surface area (Å²) >= 11 is 0. The maximum Gasteiger partial charge on any atom is 0.230 e. The van der Waals surface area contributed by atoms with Crippen LogP contribution in [0, 0.1) is 11.7 Å². The van der Waals surface area contributed by atoms with Gasteiger partial charge in [-0.15, -0.1) is 0 Å². The summed E-state index contributed by atoms with van der Waals surface area (Å²) in [5.41, 5.74) is 7.54. The minimum atomic E-state index is -0.308. The van der Waals surface area contributed by atoms with Gasteiger partial charge in [-0.3, -0.25) is 0 Å². The number of nitrogens with zero attached hydrogens (tertiary/aromatic N) is 1. The van der Waals surface area contributed by atoms with Gasteiger partial charge < -0.3 is 10.3 Å². The quantitative estimate of drug-likeness (QED) is 0.898. The van der Waals surface area contributed by atoms with Gasteiger partial charge in [-0.05, 0) is 18.4 Å². The van der Waals surface area contributed by atoms with Gasteiger partial charge in [0.15, 0.2) is 0 Å². The standard InChI is InChI=1S/C14H17FN2O/c1-3-9(2)8-12-13(14(16)18-17-12)10-6-4-5-7-11(10)15/h4-7,9H,3,8,16H2,1-2H3. The molecule has 1 aromatic heterocycles. The highest BCUT2D eigenvalue weighted by atomic mass is 19.1. The molecule has 0 fully saturated rings. The lowest BCUT2D eigenvalue weighted by atomic mass is 9.97. The largest absolute Gasteiger partial charge is 0.367 e. The minimum absolute atomic E-state index is 0.179. The van der Waals surface area contributed by atoms with Gasteiger partial charge in [0, 0.05) is 5.56 Å². The second kappa shape index (κ2) is 5.21. The topological polar surface area (TPSA) is 52.0 Å². The molecule has 1 atom stereocenters. The molecule has 0 aliphatic heterocycles. The van der Waals surface area contributed by atoms with Crippen molar-refractivity contribution in [1.29, 1.82) is 0 Å². The van der Waals surface area contributed by atoms with Crippen molar-refractivity contribution in [3.05, 3.63) is 35.8 Å². The third kappa shape index (κ3) is 2.37. The molecule has 0 saturated carbocycles. The van der Waals surface area contributed by atoms with E-state index in [0.717, 1.165) is 18.5 Å². The summed E-state index contributed by atoms with van der Waals surface area (Å²) in [5.74, 6) is 0.330. The number of aromatic nitrogens is 1. The molecule has 3 nitrogen and oxygen atoms in total. The fourth-order valence-electron chi connectivity index (χ4n) is 1.90. The van der Waals surface area contributed by atoms with Crippen molar-refractivity contribution in [3.63, 3.8) is 0 Å². The van der Waals surface area contributed by atoms with E-state index in [1.807, 2.05) is 0 Å². The van der Waals surface area contributed by atoms with E-state index < -0.39 is 0 Å². The molecule has 0 bridgehead atoms. The fraction of sp³-hybridized carbons (Fsp3) is 0.357. The molecule has 1 unspecified atom stereocenters. The van der Waals surface area contributed by atoms with E-state index in [-0.39, 0.29) is 11.7 Å². The zero-order valence-electron chi connectivity index (χ0n) is 10.6. The molecule has 96 valence electrons. The van der Waals surface area contributed by atoms with Gasteiger partial charge in [0.1, 0.15) is 5.82 Å². The molecule has 4 heteroatoms. The Bertz CT molecular complexity index is 536. The number of nitrogens with two attached hydrogens (primary N) is 1. The lowest BCUT2D eigenvalue weighted by Crippen LogP contribution is -2.00. The minimum Gasteiger partial charge on any atom is -0.367 e. The Morgan fingerprint density at radius 3 is 2.78 bits per heavy atom. The summed E-state index contributed by atoms with van der Waals surface area (Å²) < 4.78 is 18.8. The molecule has 2 rings (SSSR count). The summed E-state index contributed by atoms with van der Waals surface area (Å²) in [6.45, 7) is 4.23. The summed E-state index contributed by atoms with van der Waals surface area (Å²) in [4.78, 5) is 0. The lowest BCUT2D eigenvalue weighted by molar-refractivity contribution is 0.418. The first-order valence-electron chi connectivity index (χ1n) is 6.12. The number of hydrogen-bond donors (Lipinski definition) is 1. The summed E-state index contributed by atoms with van der Waals surface area (Å²) in [7, 11) is 0. The Kier molecular flexibility index (Phi) is 3.65. The van der Waals surface area contributed by atoms with Gasteiger partial charge in [0.05, 0.1) is 11.3 Å². The van der Waals surface area contributed by atoms with Gasteiger partial charge in [-0.25, -0.2) is 4.39 Å². The average Bonchev–Trinajstić information content (AvgIpc) is 2.71. The summed E-state index contributed by atoms with van der Waals surface area (Å²) in [6, 6.07) is 6.53.